The zero-order valence-electron chi connectivity index (χ0n) is 8.35. The molecule has 3 rings (SSSR count). The van der Waals surface area contributed by atoms with Gasteiger partial charge in [0.15, 0.2) is 5.82 Å². The van der Waals surface area contributed by atoms with Crippen molar-refractivity contribution in [2.45, 2.75) is 25.3 Å². The highest BCUT2D eigenvalue weighted by molar-refractivity contribution is 5.89. The molecule has 0 spiro atoms. The molecular formula is C10H13N3O2. The fourth-order valence-electron chi connectivity index (χ4n) is 2.58. The minimum Gasteiger partial charge on any atom is -0.363 e. The topological polar surface area (TPSA) is 58.4 Å². The molecule has 0 aromatic carbocycles. The molecule has 1 aliphatic heterocycles. The fourth-order valence-corrected chi connectivity index (χ4v) is 2.58. The average Bonchev–Trinajstić information content (AvgIpc) is 2.77. The van der Waals surface area contributed by atoms with Crippen LogP contribution in [0.25, 0.3) is 0 Å². The molecule has 1 saturated heterocycles. The Bertz CT molecular complexity index is 363. The van der Waals surface area contributed by atoms with Crippen LogP contribution >= 0.6 is 0 Å². The Labute approximate surface area is 87.4 Å². The number of nitrogens with one attached hydrogen (secondary N) is 1. The van der Waals surface area contributed by atoms with E-state index in [0.29, 0.717) is 11.9 Å². The van der Waals surface area contributed by atoms with Gasteiger partial charge in [-0.1, -0.05) is 11.6 Å². The summed E-state index contributed by atoms with van der Waals surface area (Å²) in [5.41, 5.74) is 0. The van der Waals surface area contributed by atoms with Gasteiger partial charge < -0.3 is 9.42 Å². The molecular weight excluding hydrogens is 194 g/mol. The van der Waals surface area contributed by atoms with Crippen molar-refractivity contribution in [2.75, 3.05) is 11.9 Å². The third-order valence-corrected chi connectivity index (χ3v) is 3.38. The van der Waals surface area contributed by atoms with Crippen molar-refractivity contribution in [2.24, 2.45) is 5.92 Å². The summed E-state index contributed by atoms with van der Waals surface area (Å²) in [7, 11) is 0. The minimum atomic E-state index is -0.0490. The largest absolute Gasteiger partial charge is 0.363 e. The quantitative estimate of drug-likeness (QED) is 0.762. The van der Waals surface area contributed by atoms with Crippen LogP contribution in [-0.4, -0.2) is 28.7 Å². The monoisotopic (exact) mass is 207 g/mol. The third-order valence-electron chi connectivity index (χ3n) is 3.38. The van der Waals surface area contributed by atoms with Gasteiger partial charge in [0, 0.05) is 18.7 Å². The number of hydrogen-bond donors (Lipinski definition) is 1. The molecule has 15 heavy (non-hydrogen) atoms. The van der Waals surface area contributed by atoms with Crippen LogP contribution in [0.1, 0.15) is 19.3 Å². The van der Waals surface area contributed by atoms with Gasteiger partial charge in [0.2, 0.25) is 0 Å². The molecule has 2 atom stereocenters. The minimum absolute atomic E-state index is 0.0490. The van der Waals surface area contributed by atoms with Crippen molar-refractivity contribution in [1.82, 2.24) is 10.1 Å². The van der Waals surface area contributed by atoms with Gasteiger partial charge in [-0.3, -0.25) is 5.32 Å². The number of carbonyl (C=O) groups excluding carboxylic acids is 1. The van der Waals surface area contributed by atoms with E-state index in [1.807, 2.05) is 4.90 Å². The Balaban J connectivity index is 1.62. The van der Waals surface area contributed by atoms with Crippen molar-refractivity contribution >= 4 is 11.8 Å². The van der Waals surface area contributed by atoms with Gasteiger partial charge >= 0.3 is 6.03 Å². The number of carbonyl (C=O) groups is 1. The molecule has 2 aliphatic rings. The normalized spacial score (nSPS) is 28.4. The summed E-state index contributed by atoms with van der Waals surface area (Å²) in [5, 5.41) is 6.37. The van der Waals surface area contributed by atoms with E-state index >= 15 is 0 Å². The molecule has 80 valence electrons. The van der Waals surface area contributed by atoms with E-state index in [2.05, 4.69) is 15.0 Å². The number of nitrogens with zero attached hydrogens (tertiary/aromatic N) is 2. The molecule has 2 amide bonds. The van der Waals surface area contributed by atoms with E-state index in [1.165, 1.54) is 19.1 Å². The maximum Gasteiger partial charge on any atom is 0.323 e. The maximum atomic E-state index is 11.8. The summed E-state index contributed by atoms with van der Waals surface area (Å²) < 4.78 is 4.65. The van der Waals surface area contributed by atoms with Crippen LogP contribution in [0.2, 0.25) is 0 Å². The lowest BCUT2D eigenvalue weighted by Crippen LogP contribution is -2.57. The second kappa shape index (κ2) is 3.25. The van der Waals surface area contributed by atoms with Gasteiger partial charge in [-0.2, -0.15) is 0 Å². The fraction of sp³-hybridized carbons (Fsp3) is 0.600. The summed E-state index contributed by atoms with van der Waals surface area (Å²) in [6.45, 7) is 0.897. The highest BCUT2D eigenvalue weighted by Crippen LogP contribution is 2.38. The molecule has 5 nitrogen and oxygen atoms in total. The second-order valence-electron chi connectivity index (χ2n) is 4.23. The summed E-state index contributed by atoms with van der Waals surface area (Å²) in [6, 6.07) is 2.06. The number of amides is 2. The van der Waals surface area contributed by atoms with E-state index in [9.17, 15) is 4.79 Å². The third kappa shape index (κ3) is 1.38. The van der Waals surface area contributed by atoms with Gasteiger partial charge in [-0.15, -0.1) is 0 Å². The molecule has 0 radical (unpaired) electrons. The van der Waals surface area contributed by atoms with E-state index in [-0.39, 0.29) is 6.03 Å². The Morgan fingerprint density at radius 3 is 3.27 bits per heavy atom. The zero-order valence-corrected chi connectivity index (χ0v) is 8.35. The zero-order chi connectivity index (χ0) is 10.3. The summed E-state index contributed by atoms with van der Waals surface area (Å²) in [5.74, 6) is 1.23. The van der Waals surface area contributed by atoms with Crippen LogP contribution < -0.4 is 5.32 Å². The van der Waals surface area contributed by atoms with Crippen LogP contribution in [0.3, 0.4) is 0 Å². The van der Waals surface area contributed by atoms with Crippen molar-refractivity contribution in [3.63, 3.8) is 0 Å². The molecule has 2 heterocycles. The molecule has 1 aromatic heterocycles. The number of hydrogen-bond acceptors (Lipinski definition) is 3. The van der Waals surface area contributed by atoms with Gasteiger partial charge in [0.05, 0.1) is 0 Å². The molecule has 1 aliphatic carbocycles. The smallest absolute Gasteiger partial charge is 0.323 e. The number of fused-ring (bicyclic) bond motifs is 1. The molecule has 2 fully saturated rings. The number of aromatic nitrogens is 1. The first-order chi connectivity index (χ1) is 7.34. The van der Waals surface area contributed by atoms with Crippen LogP contribution in [0.15, 0.2) is 16.9 Å². The van der Waals surface area contributed by atoms with Crippen LogP contribution in [0.5, 0.6) is 0 Å². The standard InChI is InChI=1S/C10H13N3O2/c14-10(11-9-4-5-15-12-9)13-6-7-2-1-3-8(7)13/h4-5,7-8H,1-3,6H2,(H,11,12,14). The molecule has 1 N–H and O–H groups in total. The predicted octanol–water partition coefficient (Wildman–Crippen LogP) is 1.69. The lowest BCUT2D eigenvalue weighted by Gasteiger charge is -2.44. The second-order valence-corrected chi connectivity index (χ2v) is 4.23. The molecule has 1 saturated carbocycles. The Hall–Kier alpha value is -1.52. The maximum absolute atomic E-state index is 11.8. The molecule has 2 unspecified atom stereocenters. The van der Waals surface area contributed by atoms with E-state index in [4.69, 9.17) is 0 Å². The number of rotatable bonds is 1. The number of urea groups is 1. The highest BCUT2D eigenvalue weighted by Gasteiger charge is 2.44. The molecule has 0 bridgehead atoms. The first kappa shape index (κ1) is 8.76. The number of anilines is 1. The van der Waals surface area contributed by atoms with Crippen LogP contribution in [-0.2, 0) is 0 Å². The lowest BCUT2D eigenvalue weighted by atomic mass is 9.92. The van der Waals surface area contributed by atoms with Crippen LogP contribution in [0.4, 0.5) is 10.6 Å². The number of likely N-dealkylation sites (tertiary alicyclic amines) is 1. The average molecular weight is 207 g/mol. The van der Waals surface area contributed by atoms with E-state index in [1.54, 1.807) is 6.07 Å². The van der Waals surface area contributed by atoms with E-state index < -0.39 is 0 Å². The Morgan fingerprint density at radius 1 is 1.60 bits per heavy atom. The van der Waals surface area contributed by atoms with Gasteiger partial charge in [0.1, 0.15) is 6.26 Å². The van der Waals surface area contributed by atoms with Crippen molar-refractivity contribution in [3.05, 3.63) is 12.3 Å². The van der Waals surface area contributed by atoms with Gasteiger partial charge in [-0.25, -0.2) is 4.79 Å². The first-order valence-corrected chi connectivity index (χ1v) is 5.32. The lowest BCUT2D eigenvalue weighted by molar-refractivity contribution is 0.0796. The van der Waals surface area contributed by atoms with Gasteiger partial charge in [0.25, 0.3) is 0 Å². The summed E-state index contributed by atoms with van der Waals surface area (Å²) in [6.07, 6.45) is 5.13. The molecule has 1 aromatic rings. The predicted molar refractivity (Wildman–Crippen MR) is 53.4 cm³/mol. The molecule has 5 heteroatoms. The van der Waals surface area contributed by atoms with Gasteiger partial charge in [-0.05, 0) is 18.8 Å². The van der Waals surface area contributed by atoms with Crippen molar-refractivity contribution in [1.29, 1.82) is 0 Å². The first-order valence-electron chi connectivity index (χ1n) is 5.32. The van der Waals surface area contributed by atoms with Crippen molar-refractivity contribution < 1.29 is 9.32 Å². The SMILES string of the molecule is O=C(Nc1ccon1)N1CC2CCCC21. The summed E-state index contributed by atoms with van der Waals surface area (Å²) in [4.78, 5) is 13.7. The highest BCUT2D eigenvalue weighted by atomic mass is 16.5. The Kier molecular flexibility index (Phi) is 1.90. The summed E-state index contributed by atoms with van der Waals surface area (Å²) >= 11 is 0. The van der Waals surface area contributed by atoms with Crippen molar-refractivity contribution in [3.8, 4) is 0 Å². The van der Waals surface area contributed by atoms with Crippen LogP contribution in [0, 0.1) is 5.92 Å². The van der Waals surface area contributed by atoms with E-state index in [0.717, 1.165) is 18.9 Å². The Morgan fingerprint density at radius 2 is 2.53 bits per heavy atom.